The van der Waals surface area contributed by atoms with Gasteiger partial charge in [-0.3, -0.25) is 0 Å². The molecule has 0 bridgehead atoms. The van der Waals surface area contributed by atoms with Crippen LogP contribution in [-0.4, -0.2) is 0 Å². The highest BCUT2D eigenvalue weighted by Gasteiger charge is 2.22. The molecular weight excluding hydrogens is 623 g/mol. The summed E-state index contributed by atoms with van der Waals surface area (Å²) in [7, 11) is 0. The predicted octanol–water partition coefficient (Wildman–Crippen LogP) is 14.3. The third-order valence-electron chi connectivity index (χ3n) is 10.0. The maximum Gasteiger partial charge on any atom is 0.0555 e. The highest BCUT2D eigenvalue weighted by molar-refractivity contribution is 7.26. The first-order valence-corrected chi connectivity index (χ1v) is 17.9. The van der Waals surface area contributed by atoms with E-state index in [4.69, 9.17) is 0 Å². The number of rotatable bonds is 5. The fourth-order valence-electron chi connectivity index (χ4n) is 7.69. The monoisotopic (exact) mass is 653 g/mol. The fourth-order valence-corrected chi connectivity index (χ4v) is 8.85. The van der Waals surface area contributed by atoms with Gasteiger partial charge < -0.3 is 4.90 Å². The van der Waals surface area contributed by atoms with Crippen LogP contribution >= 0.6 is 11.3 Å². The minimum atomic E-state index is 1.12. The molecule has 1 aromatic heterocycles. The van der Waals surface area contributed by atoms with Gasteiger partial charge in [-0.05, 0) is 97.5 Å². The number of nitrogens with zero attached hydrogens (tertiary/aromatic N) is 1. The molecule has 0 saturated heterocycles. The molecule has 1 nitrogen and oxygen atoms in total. The molecule has 0 fully saturated rings. The molecule has 0 radical (unpaired) electrons. The molecule has 0 aliphatic heterocycles. The molecule has 0 atom stereocenters. The Bertz CT molecular complexity index is 2870. The van der Waals surface area contributed by atoms with E-state index in [1.807, 2.05) is 11.3 Å². The molecule has 9 aromatic carbocycles. The van der Waals surface area contributed by atoms with Crippen molar-refractivity contribution in [3.8, 4) is 22.3 Å². The van der Waals surface area contributed by atoms with E-state index >= 15 is 0 Å². The Morgan fingerprint density at radius 1 is 0.340 bits per heavy atom. The summed E-state index contributed by atoms with van der Waals surface area (Å²) in [5.74, 6) is 0. The third kappa shape index (κ3) is 4.69. The molecule has 50 heavy (non-hydrogen) atoms. The minimum Gasteiger partial charge on any atom is -0.309 e. The summed E-state index contributed by atoms with van der Waals surface area (Å²) in [6.45, 7) is 0. The summed E-state index contributed by atoms with van der Waals surface area (Å²) in [5.41, 5.74) is 8.29. The zero-order chi connectivity index (χ0) is 33.0. The standard InChI is InChI=1S/C48H31NS/c1-2-13-32(14-3-1)33-25-27-37(28-26-33)49(45-23-12-24-46-48(45)43-29-34-15-4-5-16-35(34)31-47(43)50-46)44-22-11-10-21-41(44)42-30-36-17-6-7-18-38(36)39-19-8-9-20-40(39)42/h1-31H. The molecule has 1 heterocycles. The van der Waals surface area contributed by atoms with Crippen molar-refractivity contribution < 1.29 is 0 Å². The van der Waals surface area contributed by atoms with Crippen LogP contribution in [0.5, 0.6) is 0 Å². The largest absolute Gasteiger partial charge is 0.309 e. The quantitative estimate of drug-likeness (QED) is 0.167. The maximum atomic E-state index is 2.48. The molecular formula is C48H31NS. The number of thiophene rings is 1. The van der Waals surface area contributed by atoms with Gasteiger partial charge in [-0.1, -0.05) is 140 Å². The first kappa shape index (κ1) is 28.8. The average molecular weight is 654 g/mol. The number of para-hydroxylation sites is 1. The summed E-state index contributed by atoms with van der Waals surface area (Å²) >= 11 is 1.88. The molecule has 0 aliphatic rings. The Labute approximate surface area is 294 Å². The lowest BCUT2D eigenvalue weighted by atomic mass is 9.92. The summed E-state index contributed by atoms with van der Waals surface area (Å²) in [5, 5.41) is 10.1. The van der Waals surface area contributed by atoms with Crippen molar-refractivity contribution in [3.63, 3.8) is 0 Å². The van der Waals surface area contributed by atoms with E-state index in [1.54, 1.807) is 0 Å². The summed E-state index contributed by atoms with van der Waals surface area (Å²) in [4.78, 5) is 2.48. The third-order valence-corrected chi connectivity index (χ3v) is 11.1. The SMILES string of the molecule is c1ccc(-c2ccc(N(c3ccccc3-c3cc4ccccc4c4ccccc34)c3cccc4sc5cc6ccccc6cc5c34)cc2)cc1. The van der Waals surface area contributed by atoms with Crippen LogP contribution in [0.4, 0.5) is 17.1 Å². The molecule has 10 rings (SSSR count). The topological polar surface area (TPSA) is 3.24 Å². The van der Waals surface area contributed by atoms with E-state index < -0.39 is 0 Å². The molecule has 10 aromatic rings. The van der Waals surface area contributed by atoms with Crippen LogP contribution in [0.1, 0.15) is 0 Å². The number of benzene rings is 9. The summed E-state index contributed by atoms with van der Waals surface area (Å²) in [6, 6.07) is 68.8. The van der Waals surface area contributed by atoms with Crippen molar-refractivity contribution >= 4 is 80.9 Å². The summed E-state index contributed by atoms with van der Waals surface area (Å²) < 4.78 is 2.59. The molecule has 234 valence electrons. The predicted molar refractivity (Wildman–Crippen MR) is 217 cm³/mol. The van der Waals surface area contributed by atoms with Gasteiger partial charge in [0.05, 0.1) is 11.4 Å². The Hall–Kier alpha value is -6.22. The zero-order valence-corrected chi connectivity index (χ0v) is 28.1. The van der Waals surface area contributed by atoms with Gasteiger partial charge in [0.15, 0.2) is 0 Å². The van der Waals surface area contributed by atoms with Crippen LogP contribution in [0.3, 0.4) is 0 Å². The Balaban J connectivity index is 1.27. The van der Waals surface area contributed by atoms with Crippen molar-refractivity contribution in [2.45, 2.75) is 0 Å². The molecule has 0 saturated carbocycles. The number of fused-ring (bicyclic) bond motifs is 7. The van der Waals surface area contributed by atoms with Gasteiger partial charge in [0.2, 0.25) is 0 Å². The van der Waals surface area contributed by atoms with Crippen LogP contribution in [0.2, 0.25) is 0 Å². The summed E-state index contributed by atoms with van der Waals surface area (Å²) in [6.07, 6.45) is 0. The smallest absolute Gasteiger partial charge is 0.0555 e. The van der Waals surface area contributed by atoms with Crippen molar-refractivity contribution in [2.75, 3.05) is 4.90 Å². The van der Waals surface area contributed by atoms with E-state index in [1.165, 1.54) is 80.4 Å². The van der Waals surface area contributed by atoms with Crippen molar-refractivity contribution in [3.05, 3.63) is 188 Å². The molecule has 0 spiro atoms. The second-order valence-corrected chi connectivity index (χ2v) is 14.0. The lowest BCUT2D eigenvalue weighted by Crippen LogP contribution is -2.11. The average Bonchev–Trinajstić information content (AvgIpc) is 3.55. The highest BCUT2D eigenvalue weighted by Crippen LogP contribution is 2.49. The Kier molecular flexibility index (Phi) is 6.75. The number of anilines is 3. The van der Waals surface area contributed by atoms with Crippen LogP contribution in [0.25, 0.3) is 74.7 Å². The molecule has 0 aliphatic carbocycles. The second kappa shape index (κ2) is 11.7. The zero-order valence-electron chi connectivity index (χ0n) is 27.3. The van der Waals surface area contributed by atoms with Gasteiger partial charge in [-0.2, -0.15) is 0 Å². The van der Waals surface area contributed by atoms with Crippen LogP contribution < -0.4 is 4.90 Å². The molecule has 0 N–H and O–H groups in total. The van der Waals surface area contributed by atoms with E-state index in [0.29, 0.717) is 0 Å². The van der Waals surface area contributed by atoms with Gasteiger partial charge in [0.1, 0.15) is 0 Å². The van der Waals surface area contributed by atoms with Crippen molar-refractivity contribution in [2.24, 2.45) is 0 Å². The maximum absolute atomic E-state index is 2.48. The van der Waals surface area contributed by atoms with Gasteiger partial charge in [0, 0.05) is 31.4 Å². The molecule has 0 amide bonds. The molecule has 0 unspecified atom stereocenters. The Morgan fingerprint density at radius 2 is 0.960 bits per heavy atom. The fraction of sp³-hybridized carbons (Fsp3) is 0. The van der Waals surface area contributed by atoms with E-state index in [0.717, 1.165) is 11.4 Å². The lowest BCUT2D eigenvalue weighted by molar-refractivity contribution is 1.30. The van der Waals surface area contributed by atoms with Gasteiger partial charge >= 0.3 is 0 Å². The lowest BCUT2D eigenvalue weighted by Gasteiger charge is -2.29. The van der Waals surface area contributed by atoms with Crippen molar-refractivity contribution in [1.82, 2.24) is 0 Å². The van der Waals surface area contributed by atoms with E-state index in [9.17, 15) is 0 Å². The number of hydrogen-bond acceptors (Lipinski definition) is 2. The number of hydrogen-bond donors (Lipinski definition) is 0. The van der Waals surface area contributed by atoms with Crippen LogP contribution in [0.15, 0.2) is 188 Å². The minimum absolute atomic E-state index is 1.12. The second-order valence-electron chi connectivity index (χ2n) is 12.9. The van der Waals surface area contributed by atoms with E-state index in [2.05, 4.69) is 193 Å². The Morgan fingerprint density at radius 3 is 1.78 bits per heavy atom. The van der Waals surface area contributed by atoms with Gasteiger partial charge in [-0.15, -0.1) is 11.3 Å². The molecule has 2 heteroatoms. The van der Waals surface area contributed by atoms with E-state index in [-0.39, 0.29) is 0 Å². The van der Waals surface area contributed by atoms with Gasteiger partial charge in [-0.25, -0.2) is 0 Å². The highest BCUT2D eigenvalue weighted by atomic mass is 32.1. The first-order valence-electron chi connectivity index (χ1n) is 17.1. The van der Waals surface area contributed by atoms with Gasteiger partial charge in [0.25, 0.3) is 0 Å². The van der Waals surface area contributed by atoms with Crippen LogP contribution in [0, 0.1) is 0 Å². The van der Waals surface area contributed by atoms with Crippen molar-refractivity contribution in [1.29, 1.82) is 0 Å². The van der Waals surface area contributed by atoms with Crippen LogP contribution in [-0.2, 0) is 0 Å². The first-order chi connectivity index (χ1) is 24.8. The normalized spacial score (nSPS) is 11.6.